The lowest BCUT2D eigenvalue weighted by Crippen LogP contribution is -2.49. The molecule has 1 aromatic rings. The number of aromatic nitrogens is 1. The van der Waals surface area contributed by atoms with Gasteiger partial charge in [-0.1, -0.05) is 0 Å². The highest BCUT2D eigenvalue weighted by atomic mass is 32.1. The number of likely N-dealkylation sites (tertiary alicyclic amines) is 2. The van der Waals surface area contributed by atoms with Gasteiger partial charge in [-0.15, -0.1) is 11.3 Å². The van der Waals surface area contributed by atoms with Crippen molar-refractivity contribution in [1.82, 2.24) is 14.8 Å². The van der Waals surface area contributed by atoms with Crippen molar-refractivity contribution in [3.63, 3.8) is 0 Å². The average Bonchev–Trinajstić information content (AvgIpc) is 3.14. The molecule has 2 aliphatic rings. The zero-order valence-electron chi connectivity index (χ0n) is 13.5. The van der Waals surface area contributed by atoms with Crippen LogP contribution in [0, 0.1) is 6.92 Å². The first-order valence-electron chi connectivity index (χ1n) is 8.32. The molecule has 1 aromatic heterocycles. The van der Waals surface area contributed by atoms with Crippen LogP contribution >= 0.6 is 11.3 Å². The minimum absolute atomic E-state index is 0.0343. The van der Waals surface area contributed by atoms with E-state index in [0.29, 0.717) is 13.0 Å². The summed E-state index contributed by atoms with van der Waals surface area (Å²) < 4.78 is 0. The number of nitrogens with zero attached hydrogens (tertiary/aromatic N) is 3. The molecule has 0 bridgehead atoms. The second kappa shape index (κ2) is 7.25. The van der Waals surface area contributed by atoms with Gasteiger partial charge >= 0.3 is 0 Å². The zero-order chi connectivity index (χ0) is 16.2. The molecular weight excluding hydrogens is 310 g/mol. The van der Waals surface area contributed by atoms with E-state index in [9.17, 15) is 9.59 Å². The summed E-state index contributed by atoms with van der Waals surface area (Å²) in [5.41, 5.74) is 0.837. The third-order valence-electron chi connectivity index (χ3n) is 4.55. The van der Waals surface area contributed by atoms with E-state index in [1.54, 1.807) is 23.5 Å². The van der Waals surface area contributed by atoms with E-state index in [-0.39, 0.29) is 17.9 Å². The highest BCUT2D eigenvalue weighted by Crippen LogP contribution is 2.21. The second-order valence-electron chi connectivity index (χ2n) is 6.25. The van der Waals surface area contributed by atoms with Gasteiger partial charge in [0.15, 0.2) is 0 Å². The van der Waals surface area contributed by atoms with Crippen molar-refractivity contribution in [2.45, 2.75) is 45.1 Å². The Balaban J connectivity index is 1.64. The predicted octanol–water partition coefficient (Wildman–Crippen LogP) is 2.47. The second-order valence-corrected chi connectivity index (χ2v) is 7.31. The summed E-state index contributed by atoms with van der Waals surface area (Å²) in [5.74, 6) is 0.267. The van der Waals surface area contributed by atoms with Crippen LogP contribution in [0.15, 0.2) is 11.5 Å². The van der Waals surface area contributed by atoms with Gasteiger partial charge in [0.25, 0.3) is 0 Å². The Labute approximate surface area is 141 Å². The molecule has 2 fully saturated rings. The summed E-state index contributed by atoms with van der Waals surface area (Å²) in [6.45, 7) is 4.27. The molecular formula is C17H23N3O2S. The number of amides is 2. The van der Waals surface area contributed by atoms with E-state index in [1.165, 1.54) is 0 Å². The molecule has 0 aromatic carbocycles. The van der Waals surface area contributed by atoms with Crippen LogP contribution in [0.1, 0.15) is 42.8 Å². The molecule has 0 N–H and O–H groups in total. The summed E-state index contributed by atoms with van der Waals surface area (Å²) in [5, 5.41) is 2.95. The highest BCUT2D eigenvalue weighted by molar-refractivity contribution is 7.09. The summed E-state index contributed by atoms with van der Waals surface area (Å²) in [6, 6.07) is 0.153. The van der Waals surface area contributed by atoms with Crippen LogP contribution in [0.25, 0.3) is 6.08 Å². The van der Waals surface area contributed by atoms with Crippen LogP contribution < -0.4 is 0 Å². The van der Waals surface area contributed by atoms with Gasteiger partial charge in [0, 0.05) is 43.6 Å². The number of hydrogen-bond acceptors (Lipinski definition) is 4. The minimum atomic E-state index is 0.0343. The first-order chi connectivity index (χ1) is 11.1. The number of rotatable bonds is 4. The van der Waals surface area contributed by atoms with Gasteiger partial charge in [0.2, 0.25) is 11.8 Å². The van der Waals surface area contributed by atoms with E-state index in [2.05, 4.69) is 4.98 Å². The van der Waals surface area contributed by atoms with Crippen molar-refractivity contribution in [1.29, 1.82) is 0 Å². The first-order valence-corrected chi connectivity index (χ1v) is 9.20. The number of hydrogen-bond donors (Lipinski definition) is 0. The SMILES string of the molecule is Cc1nc(/C=C\C(=O)N2CCCC[C@H]2CN2CCCC2=O)cs1. The zero-order valence-corrected chi connectivity index (χ0v) is 14.3. The lowest BCUT2D eigenvalue weighted by Gasteiger charge is -2.37. The van der Waals surface area contributed by atoms with Gasteiger partial charge in [-0.25, -0.2) is 4.98 Å². The van der Waals surface area contributed by atoms with E-state index in [1.807, 2.05) is 22.1 Å². The third kappa shape index (κ3) is 3.99. The number of carbonyl (C=O) groups excluding carboxylic acids is 2. The Kier molecular flexibility index (Phi) is 5.10. The fourth-order valence-corrected chi connectivity index (χ4v) is 3.92. The maximum Gasteiger partial charge on any atom is 0.246 e. The average molecular weight is 333 g/mol. The quantitative estimate of drug-likeness (QED) is 0.796. The predicted molar refractivity (Wildman–Crippen MR) is 91.1 cm³/mol. The lowest BCUT2D eigenvalue weighted by atomic mass is 10.0. The Hall–Kier alpha value is -1.69. The van der Waals surface area contributed by atoms with Crippen molar-refractivity contribution in [3.05, 3.63) is 22.2 Å². The topological polar surface area (TPSA) is 53.5 Å². The van der Waals surface area contributed by atoms with Crippen LogP contribution in [-0.2, 0) is 9.59 Å². The Bertz CT molecular complexity index is 611. The molecule has 23 heavy (non-hydrogen) atoms. The molecule has 0 spiro atoms. The maximum atomic E-state index is 12.6. The van der Waals surface area contributed by atoms with Gasteiger partial charge in [-0.3, -0.25) is 9.59 Å². The summed E-state index contributed by atoms with van der Waals surface area (Å²) in [4.78, 5) is 32.6. The first kappa shape index (κ1) is 16.2. The van der Waals surface area contributed by atoms with E-state index in [4.69, 9.17) is 0 Å². The molecule has 5 nitrogen and oxygen atoms in total. The van der Waals surface area contributed by atoms with Gasteiger partial charge in [-0.05, 0) is 38.7 Å². The molecule has 0 saturated carbocycles. The molecule has 0 aliphatic carbocycles. The van der Waals surface area contributed by atoms with Crippen molar-refractivity contribution in [2.24, 2.45) is 0 Å². The maximum absolute atomic E-state index is 12.6. The van der Waals surface area contributed by atoms with Crippen LogP contribution in [0.3, 0.4) is 0 Å². The van der Waals surface area contributed by atoms with Crippen LogP contribution in [0.4, 0.5) is 0 Å². The molecule has 2 amide bonds. The Morgan fingerprint density at radius 1 is 1.39 bits per heavy atom. The number of aryl methyl sites for hydroxylation is 1. The molecule has 0 radical (unpaired) electrons. The Morgan fingerprint density at radius 2 is 2.26 bits per heavy atom. The molecule has 2 saturated heterocycles. The normalized spacial score (nSPS) is 22.3. The van der Waals surface area contributed by atoms with Gasteiger partial charge < -0.3 is 9.80 Å². The summed E-state index contributed by atoms with van der Waals surface area (Å²) in [6.07, 6.45) is 8.17. The van der Waals surface area contributed by atoms with Crippen LogP contribution in [-0.4, -0.2) is 52.3 Å². The van der Waals surface area contributed by atoms with E-state index >= 15 is 0 Å². The minimum Gasteiger partial charge on any atom is -0.341 e. The molecule has 2 aliphatic heterocycles. The number of carbonyl (C=O) groups is 2. The molecule has 1 atom stereocenters. The fraction of sp³-hybridized carbons (Fsp3) is 0.588. The molecule has 3 rings (SSSR count). The van der Waals surface area contributed by atoms with E-state index in [0.717, 1.165) is 49.5 Å². The molecule has 0 unspecified atom stereocenters. The fourth-order valence-electron chi connectivity index (χ4n) is 3.34. The van der Waals surface area contributed by atoms with Gasteiger partial charge in [0.05, 0.1) is 10.7 Å². The summed E-state index contributed by atoms with van der Waals surface area (Å²) >= 11 is 1.58. The third-order valence-corrected chi connectivity index (χ3v) is 5.34. The van der Waals surface area contributed by atoms with E-state index < -0.39 is 0 Å². The van der Waals surface area contributed by atoms with Crippen LogP contribution in [0.2, 0.25) is 0 Å². The van der Waals surface area contributed by atoms with Crippen LogP contribution in [0.5, 0.6) is 0 Å². The molecule has 3 heterocycles. The number of piperidine rings is 1. The number of thiazole rings is 1. The monoisotopic (exact) mass is 333 g/mol. The largest absolute Gasteiger partial charge is 0.341 e. The van der Waals surface area contributed by atoms with Gasteiger partial charge in [0.1, 0.15) is 0 Å². The van der Waals surface area contributed by atoms with Crippen molar-refractivity contribution in [2.75, 3.05) is 19.6 Å². The lowest BCUT2D eigenvalue weighted by molar-refractivity contribution is -0.134. The Morgan fingerprint density at radius 3 is 2.96 bits per heavy atom. The van der Waals surface area contributed by atoms with Crippen molar-refractivity contribution < 1.29 is 9.59 Å². The standard InChI is InChI=1S/C17H23N3O2S/c1-13-18-14(12-23-13)7-8-17(22)20-10-3-2-5-15(20)11-19-9-4-6-16(19)21/h7-8,12,15H,2-6,9-11H2,1H3/b8-7-/t15-/m0/s1. The van der Waals surface area contributed by atoms with Crippen molar-refractivity contribution in [3.8, 4) is 0 Å². The van der Waals surface area contributed by atoms with Crippen molar-refractivity contribution >= 4 is 29.2 Å². The molecule has 124 valence electrons. The molecule has 6 heteroatoms. The highest BCUT2D eigenvalue weighted by Gasteiger charge is 2.30. The smallest absolute Gasteiger partial charge is 0.246 e. The summed E-state index contributed by atoms with van der Waals surface area (Å²) in [7, 11) is 0. The van der Waals surface area contributed by atoms with Gasteiger partial charge in [-0.2, -0.15) is 0 Å².